The van der Waals surface area contributed by atoms with E-state index < -0.39 is 0 Å². The third-order valence-electron chi connectivity index (χ3n) is 5.44. The van der Waals surface area contributed by atoms with Crippen LogP contribution >= 0.6 is 0 Å². The van der Waals surface area contributed by atoms with E-state index in [1.54, 1.807) is 0 Å². The van der Waals surface area contributed by atoms with Crippen molar-refractivity contribution in [2.24, 2.45) is 5.92 Å². The predicted molar refractivity (Wildman–Crippen MR) is 97.2 cm³/mol. The zero-order valence-corrected chi connectivity index (χ0v) is 15.0. The van der Waals surface area contributed by atoms with Crippen molar-refractivity contribution in [2.75, 3.05) is 44.7 Å². The molecule has 1 saturated heterocycles. The summed E-state index contributed by atoms with van der Waals surface area (Å²) < 4.78 is 23.1. The normalized spacial score (nSPS) is 21.0. The van der Waals surface area contributed by atoms with E-state index in [1.807, 2.05) is 11.1 Å². The van der Waals surface area contributed by atoms with E-state index in [1.165, 1.54) is 12.1 Å². The Bertz CT molecular complexity index is 869. The molecule has 4 rings (SSSR count). The van der Waals surface area contributed by atoms with E-state index in [9.17, 15) is 9.18 Å². The molecule has 2 aromatic rings. The lowest BCUT2D eigenvalue weighted by Gasteiger charge is -2.38. The quantitative estimate of drug-likeness (QED) is 0.838. The molecule has 0 spiro atoms. The smallest absolute Gasteiger partial charge is 0.189 e. The van der Waals surface area contributed by atoms with Gasteiger partial charge in [-0.05, 0) is 19.0 Å². The van der Waals surface area contributed by atoms with Crippen molar-refractivity contribution in [1.82, 2.24) is 9.47 Å². The Labute approximate surface area is 146 Å². The summed E-state index contributed by atoms with van der Waals surface area (Å²) in [7, 11) is 2.07. The summed E-state index contributed by atoms with van der Waals surface area (Å²) in [6.45, 7) is 8.02. The number of ether oxygens (including phenoxy) is 1. The van der Waals surface area contributed by atoms with Gasteiger partial charge in [-0.3, -0.25) is 4.79 Å². The second-order valence-corrected chi connectivity index (χ2v) is 7.43. The molecule has 3 heterocycles. The number of piperazine rings is 1. The van der Waals surface area contributed by atoms with E-state index in [-0.39, 0.29) is 17.3 Å². The molecule has 0 bridgehead atoms. The van der Waals surface area contributed by atoms with Gasteiger partial charge in [0.05, 0.1) is 16.9 Å². The lowest BCUT2D eigenvalue weighted by molar-refractivity contribution is 0.198. The van der Waals surface area contributed by atoms with Gasteiger partial charge in [-0.1, -0.05) is 13.8 Å². The Balaban J connectivity index is 1.95. The molecule has 6 heteroatoms. The molecule has 25 heavy (non-hydrogen) atoms. The number of pyridine rings is 1. The van der Waals surface area contributed by atoms with Gasteiger partial charge in [-0.15, -0.1) is 0 Å². The molecule has 0 amide bonds. The SMILES string of the molecule is CC(C)C1COc2c(N3CCN(C)CC3)c(F)cc3c(=O)ccn1c23. The van der Waals surface area contributed by atoms with Crippen LogP contribution in [0.15, 0.2) is 23.1 Å². The maximum atomic E-state index is 15.0. The summed E-state index contributed by atoms with van der Waals surface area (Å²) in [5, 5.41) is 0.401. The van der Waals surface area contributed by atoms with Crippen molar-refractivity contribution >= 4 is 16.6 Å². The van der Waals surface area contributed by atoms with Gasteiger partial charge in [-0.2, -0.15) is 0 Å². The van der Waals surface area contributed by atoms with Crippen LogP contribution in [0.5, 0.6) is 5.75 Å². The van der Waals surface area contributed by atoms with Gasteiger partial charge in [0.15, 0.2) is 17.0 Å². The monoisotopic (exact) mass is 345 g/mol. The average Bonchev–Trinajstić information content (AvgIpc) is 2.58. The summed E-state index contributed by atoms with van der Waals surface area (Å²) in [5.74, 6) is 0.509. The molecule has 2 aliphatic rings. The number of likely N-dealkylation sites (N-methyl/N-ethyl adjacent to an activating group) is 1. The van der Waals surface area contributed by atoms with E-state index in [0.717, 1.165) is 31.7 Å². The molecule has 1 aromatic carbocycles. The van der Waals surface area contributed by atoms with E-state index >= 15 is 0 Å². The summed E-state index contributed by atoms with van der Waals surface area (Å²) >= 11 is 0. The zero-order chi connectivity index (χ0) is 17.7. The molecule has 0 saturated carbocycles. The standard InChI is InChI=1S/C19H24FN3O2/c1-12(2)15-11-25-19-17-13(16(24)4-5-23(15)17)10-14(20)18(19)22-8-6-21(3)7-9-22/h4-5,10,12,15H,6-9,11H2,1-3H3. The second kappa shape index (κ2) is 6.02. The highest BCUT2D eigenvalue weighted by molar-refractivity contribution is 5.92. The molecule has 1 atom stereocenters. The van der Waals surface area contributed by atoms with Gasteiger partial charge in [0.1, 0.15) is 12.3 Å². The molecule has 0 aliphatic carbocycles. The van der Waals surface area contributed by atoms with Crippen LogP contribution < -0.4 is 15.1 Å². The van der Waals surface area contributed by atoms with Gasteiger partial charge < -0.3 is 19.1 Å². The number of anilines is 1. The minimum atomic E-state index is -0.370. The van der Waals surface area contributed by atoms with Crippen molar-refractivity contribution in [1.29, 1.82) is 0 Å². The summed E-state index contributed by atoms with van der Waals surface area (Å²) in [4.78, 5) is 16.6. The van der Waals surface area contributed by atoms with Crippen LogP contribution in [0.3, 0.4) is 0 Å². The molecular formula is C19H24FN3O2. The van der Waals surface area contributed by atoms with Gasteiger partial charge in [0, 0.05) is 38.4 Å². The van der Waals surface area contributed by atoms with Gasteiger partial charge in [0.2, 0.25) is 0 Å². The molecule has 5 nitrogen and oxygen atoms in total. The van der Waals surface area contributed by atoms with Gasteiger partial charge >= 0.3 is 0 Å². The van der Waals surface area contributed by atoms with Crippen LogP contribution in [0.4, 0.5) is 10.1 Å². The first-order chi connectivity index (χ1) is 12.0. The van der Waals surface area contributed by atoms with E-state index in [2.05, 4.69) is 30.4 Å². The van der Waals surface area contributed by atoms with Crippen molar-refractivity contribution < 1.29 is 9.13 Å². The first kappa shape index (κ1) is 16.4. The molecule has 1 fully saturated rings. The zero-order valence-electron chi connectivity index (χ0n) is 15.0. The predicted octanol–water partition coefficient (Wildman–Crippen LogP) is 2.48. The lowest BCUT2D eigenvalue weighted by atomic mass is 10.0. The number of rotatable bonds is 2. The molecule has 2 aliphatic heterocycles. The van der Waals surface area contributed by atoms with Gasteiger partial charge in [0.25, 0.3) is 0 Å². The molecule has 0 N–H and O–H groups in total. The molecule has 1 unspecified atom stereocenters. The second-order valence-electron chi connectivity index (χ2n) is 7.43. The van der Waals surface area contributed by atoms with Gasteiger partial charge in [-0.25, -0.2) is 4.39 Å². The first-order valence-corrected chi connectivity index (χ1v) is 8.91. The van der Waals surface area contributed by atoms with Crippen LogP contribution in [0.25, 0.3) is 10.9 Å². The summed E-state index contributed by atoms with van der Waals surface area (Å²) in [6.07, 6.45) is 1.83. The van der Waals surface area contributed by atoms with E-state index in [4.69, 9.17) is 4.74 Å². The average molecular weight is 345 g/mol. The number of halogens is 1. The Kier molecular flexibility index (Phi) is 3.95. The van der Waals surface area contributed by atoms with E-state index in [0.29, 0.717) is 29.3 Å². The minimum Gasteiger partial charge on any atom is -0.487 e. The maximum Gasteiger partial charge on any atom is 0.189 e. The molecule has 0 radical (unpaired) electrons. The number of hydrogen-bond acceptors (Lipinski definition) is 4. The third kappa shape index (κ3) is 2.59. The number of hydrogen-bond donors (Lipinski definition) is 0. The first-order valence-electron chi connectivity index (χ1n) is 8.91. The minimum absolute atomic E-state index is 0.140. The Morgan fingerprint density at radius 2 is 1.96 bits per heavy atom. The highest BCUT2D eigenvalue weighted by Crippen LogP contribution is 2.42. The largest absolute Gasteiger partial charge is 0.487 e. The van der Waals surface area contributed by atoms with Crippen molar-refractivity contribution in [3.05, 3.63) is 34.4 Å². The number of benzene rings is 1. The van der Waals surface area contributed by atoms with Crippen molar-refractivity contribution in [3.63, 3.8) is 0 Å². The topological polar surface area (TPSA) is 37.7 Å². The molecule has 1 aromatic heterocycles. The fraction of sp³-hybridized carbons (Fsp3) is 0.526. The fourth-order valence-electron chi connectivity index (χ4n) is 3.86. The molecular weight excluding hydrogens is 321 g/mol. The highest BCUT2D eigenvalue weighted by Gasteiger charge is 2.31. The highest BCUT2D eigenvalue weighted by atomic mass is 19.1. The Morgan fingerprint density at radius 3 is 2.64 bits per heavy atom. The van der Waals surface area contributed by atoms with Crippen molar-refractivity contribution in [2.45, 2.75) is 19.9 Å². The summed E-state index contributed by atoms with van der Waals surface area (Å²) in [5.41, 5.74) is 1.07. The fourth-order valence-corrected chi connectivity index (χ4v) is 3.86. The van der Waals surface area contributed by atoms with Crippen molar-refractivity contribution in [3.8, 4) is 5.75 Å². The van der Waals surface area contributed by atoms with Crippen LogP contribution in [-0.4, -0.2) is 49.3 Å². The summed E-state index contributed by atoms with van der Waals surface area (Å²) in [6, 6.07) is 3.06. The van der Waals surface area contributed by atoms with Crippen LogP contribution in [0, 0.1) is 11.7 Å². The van der Waals surface area contributed by atoms with Crippen LogP contribution in [0.2, 0.25) is 0 Å². The lowest BCUT2D eigenvalue weighted by Crippen LogP contribution is -2.45. The maximum absolute atomic E-state index is 15.0. The molecule has 134 valence electrons. The Morgan fingerprint density at radius 1 is 1.24 bits per heavy atom. The third-order valence-corrected chi connectivity index (χ3v) is 5.44. The number of aromatic nitrogens is 1. The Hall–Kier alpha value is -2.08. The number of nitrogens with zero attached hydrogens (tertiary/aromatic N) is 3. The van der Waals surface area contributed by atoms with Crippen LogP contribution in [-0.2, 0) is 0 Å². The van der Waals surface area contributed by atoms with Crippen LogP contribution in [0.1, 0.15) is 19.9 Å².